The van der Waals surface area contributed by atoms with E-state index in [0.29, 0.717) is 29.2 Å². The second-order valence-electron chi connectivity index (χ2n) is 11.1. The largest absolute Gasteiger partial charge is 0.480 e. The lowest BCUT2D eigenvalue weighted by molar-refractivity contribution is -0.105. The normalized spacial score (nSPS) is 21.5. The summed E-state index contributed by atoms with van der Waals surface area (Å²) in [5.74, 6) is 0.196. The molecule has 0 bridgehead atoms. The molecule has 0 amide bonds. The van der Waals surface area contributed by atoms with Crippen LogP contribution >= 0.6 is 0 Å². The highest BCUT2D eigenvalue weighted by atomic mass is 19.1. The first-order chi connectivity index (χ1) is 20.0. The Morgan fingerprint density at radius 3 is 2.46 bits per heavy atom. The van der Waals surface area contributed by atoms with Crippen LogP contribution in [-0.2, 0) is 4.74 Å². The molecule has 2 fully saturated rings. The number of halogens is 3. The molecule has 3 heterocycles. The molecule has 0 aromatic heterocycles. The molecule has 0 saturated carbocycles. The molecule has 0 N–H and O–H groups in total. The number of fused-ring (bicyclic) bond motifs is 1. The summed E-state index contributed by atoms with van der Waals surface area (Å²) in [5, 5.41) is 0. The Hall–Kier alpha value is -3.55. The Morgan fingerprint density at radius 2 is 1.76 bits per heavy atom. The van der Waals surface area contributed by atoms with Crippen molar-refractivity contribution < 1.29 is 27.4 Å². The molecule has 2 saturated heterocycles. The van der Waals surface area contributed by atoms with E-state index in [0.717, 1.165) is 67.2 Å². The number of alkyl halides is 1. The third-order valence-electron chi connectivity index (χ3n) is 8.01. The number of rotatable bonds is 8. The molecule has 7 heteroatoms. The third kappa shape index (κ3) is 6.21. The van der Waals surface area contributed by atoms with Crippen LogP contribution in [0, 0.1) is 17.6 Å². The third-order valence-corrected chi connectivity index (χ3v) is 8.01. The molecule has 3 aliphatic heterocycles. The highest BCUT2D eigenvalue weighted by Gasteiger charge is 2.31. The average Bonchev–Trinajstić information content (AvgIpc) is 2.94. The molecule has 2 atom stereocenters. The SMILES string of the molecule is CC1=C(c2cc(F)cc(F)c2)C(c2ccc(/C=C\CN3CC(CF)C3)cc2)Oc2cc(OC3CCCCO3)ccc21. The Balaban J connectivity index is 1.29. The number of hydrogen-bond donors (Lipinski definition) is 0. The van der Waals surface area contributed by atoms with Crippen molar-refractivity contribution in [2.75, 3.05) is 32.9 Å². The van der Waals surface area contributed by atoms with Gasteiger partial charge in [-0.2, -0.15) is 0 Å². The summed E-state index contributed by atoms with van der Waals surface area (Å²) < 4.78 is 59.8. The topological polar surface area (TPSA) is 30.9 Å². The van der Waals surface area contributed by atoms with E-state index in [4.69, 9.17) is 14.2 Å². The van der Waals surface area contributed by atoms with Crippen LogP contribution in [0.4, 0.5) is 13.2 Å². The van der Waals surface area contributed by atoms with Gasteiger partial charge in [0.1, 0.15) is 29.2 Å². The summed E-state index contributed by atoms with van der Waals surface area (Å²) in [6.45, 7) is 4.78. The standard InChI is InChI=1S/C34H34F3NO3/c1-22-30-12-11-29(40-32-6-2-3-14-39-32)18-31(30)41-34(33(22)26-15-27(36)17-28(37)16-26)25-9-7-23(8-10-25)5-4-13-38-20-24(19-35)21-38/h4-5,7-12,15-18,24,32,34H,2-3,6,13-14,19-21H2,1H3/b5-4-. The van der Waals surface area contributed by atoms with Crippen LogP contribution in [0.1, 0.15) is 54.5 Å². The number of likely N-dealkylation sites (tertiary alicyclic amines) is 1. The molecular weight excluding hydrogens is 527 g/mol. The van der Waals surface area contributed by atoms with Crippen LogP contribution in [0.15, 0.2) is 66.7 Å². The van der Waals surface area contributed by atoms with Gasteiger partial charge in [0.2, 0.25) is 0 Å². The van der Waals surface area contributed by atoms with E-state index in [1.807, 2.05) is 55.5 Å². The molecule has 2 unspecified atom stereocenters. The van der Waals surface area contributed by atoms with Crippen molar-refractivity contribution in [3.63, 3.8) is 0 Å². The lowest BCUT2D eigenvalue weighted by Crippen LogP contribution is -2.47. The Bertz CT molecular complexity index is 1420. The molecule has 3 aromatic rings. The van der Waals surface area contributed by atoms with Crippen LogP contribution in [0.2, 0.25) is 0 Å². The molecule has 6 rings (SSSR count). The number of nitrogens with zero attached hydrogens (tertiary/aromatic N) is 1. The van der Waals surface area contributed by atoms with Crippen LogP contribution in [0.3, 0.4) is 0 Å². The molecule has 0 aliphatic carbocycles. The predicted octanol–water partition coefficient (Wildman–Crippen LogP) is 7.85. The van der Waals surface area contributed by atoms with Gasteiger partial charge >= 0.3 is 0 Å². The lowest BCUT2D eigenvalue weighted by Gasteiger charge is -2.36. The lowest BCUT2D eigenvalue weighted by atomic mass is 9.86. The number of hydrogen-bond acceptors (Lipinski definition) is 4. The summed E-state index contributed by atoms with van der Waals surface area (Å²) in [5.41, 5.74) is 4.77. The molecular formula is C34H34F3NO3. The Labute approximate surface area is 239 Å². The summed E-state index contributed by atoms with van der Waals surface area (Å²) in [4.78, 5) is 2.21. The average molecular weight is 562 g/mol. The highest BCUT2D eigenvalue weighted by molar-refractivity contribution is 5.95. The monoisotopic (exact) mass is 561 g/mol. The second kappa shape index (κ2) is 12.1. The van der Waals surface area contributed by atoms with E-state index in [1.54, 1.807) is 0 Å². The van der Waals surface area contributed by atoms with Crippen LogP contribution in [0.5, 0.6) is 11.5 Å². The van der Waals surface area contributed by atoms with Gasteiger partial charge in [0.25, 0.3) is 0 Å². The first-order valence-corrected chi connectivity index (χ1v) is 14.3. The Kier molecular flexibility index (Phi) is 8.17. The van der Waals surface area contributed by atoms with Gasteiger partial charge in [-0.05, 0) is 66.3 Å². The van der Waals surface area contributed by atoms with Gasteiger partial charge in [-0.15, -0.1) is 0 Å². The van der Waals surface area contributed by atoms with Crippen molar-refractivity contribution in [2.24, 2.45) is 5.92 Å². The first kappa shape index (κ1) is 27.6. The van der Waals surface area contributed by atoms with Gasteiger partial charge in [0.05, 0.1) is 13.3 Å². The number of allylic oxidation sites excluding steroid dienone is 1. The Morgan fingerprint density at radius 1 is 0.976 bits per heavy atom. The fraction of sp³-hybridized carbons (Fsp3) is 0.353. The quantitative estimate of drug-likeness (QED) is 0.280. The number of benzene rings is 3. The first-order valence-electron chi connectivity index (χ1n) is 14.3. The van der Waals surface area contributed by atoms with E-state index in [2.05, 4.69) is 11.0 Å². The highest BCUT2D eigenvalue weighted by Crippen LogP contribution is 2.47. The van der Waals surface area contributed by atoms with E-state index in [1.165, 1.54) is 12.1 Å². The molecule has 4 nitrogen and oxygen atoms in total. The van der Waals surface area contributed by atoms with Gasteiger partial charge in [0.15, 0.2) is 6.29 Å². The maximum Gasteiger partial charge on any atom is 0.199 e. The fourth-order valence-electron chi connectivity index (χ4n) is 5.82. The zero-order valence-corrected chi connectivity index (χ0v) is 23.1. The minimum Gasteiger partial charge on any atom is -0.480 e. The zero-order chi connectivity index (χ0) is 28.3. The summed E-state index contributed by atoms with van der Waals surface area (Å²) >= 11 is 0. The fourth-order valence-corrected chi connectivity index (χ4v) is 5.82. The van der Waals surface area contributed by atoms with Crippen molar-refractivity contribution in [3.05, 3.63) is 101 Å². The molecule has 214 valence electrons. The van der Waals surface area contributed by atoms with E-state index in [9.17, 15) is 13.2 Å². The van der Waals surface area contributed by atoms with Gasteiger partial charge < -0.3 is 14.2 Å². The van der Waals surface area contributed by atoms with Crippen molar-refractivity contribution >= 4 is 17.2 Å². The minimum atomic E-state index is -0.637. The van der Waals surface area contributed by atoms with Gasteiger partial charge in [-0.25, -0.2) is 8.78 Å². The molecule has 0 radical (unpaired) electrons. The van der Waals surface area contributed by atoms with Crippen molar-refractivity contribution in [1.82, 2.24) is 4.90 Å². The molecule has 3 aromatic carbocycles. The molecule has 41 heavy (non-hydrogen) atoms. The maximum absolute atomic E-state index is 14.3. The summed E-state index contributed by atoms with van der Waals surface area (Å²) in [7, 11) is 0. The van der Waals surface area contributed by atoms with Gasteiger partial charge in [-0.1, -0.05) is 36.4 Å². The van der Waals surface area contributed by atoms with Gasteiger partial charge in [-0.3, -0.25) is 9.29 Å². The minimum absolute atomic E-state index is 0.170. The number of ether oxygens (including phenoxy) is 3. The molecule has 3 aliphatic rings. The zero-order valence-electron chi connectivity index (χ0n) is 23.1. The second-order valence-corrected chi connectivity index (χ2v) is 11.1. The van der Waals surface area contributed by atoms with E-state index < -0.39 is 17.7 Å². The van der Waals surface area contributed by atoms with Crippen LogP contribution < -0.4 is 9.47 Å². The van der Waals surface area contributed by atoms with Crippen molar-refractivity contribution in [2.45, 2.75) is 38.6 Å². The van der Waals surface area contributed by atoms with E-state index in [-0.39, 0.29) is 18.9 Å². The van der Waals surface area contributed by atoms with Crippen molar-refractivity contribution in [3.8, 4) is 11.5 Å². The predicted molar refractivity (Wildman–Crippen MR) is 154 cm³/mol. The van der Waals surface area contributed by atoms with Crippen molar-refractivity contribution in [1.29, 1.82) is 0 Å². The summed E-state index contributed by atoms with van der Waals surface area (Å²) in [6, 6.07) is 17.2. The molecule has 0 spiro atoms. The summed E-state index contributed by atoms with van der Waals surface area (Å²) in [6.07, 6.45) is 6.20. The van der Waals surface area contributed by atoms with Crippen LogP contribution in [0.25, 0.3) is 17.2 Å². The van der Waals surface area contributed by atoms with Gasteiger partial charge in [0, 0.05) is 55.2 Å². The van der Waals surface area contributed by atoms with Crippen LogP contribution in [-0.4, -0.2) is 44.1 Å². The smallest absolute Gasteiger partial charge is 0.199 e. The maximum atomic E-state index is 14.3. The van der Waals surface area contributed by atoms with E-state index >= 15 is 0 Å².